The molecule has 0 amide bonds. The summed E-state index contributed by atoms with van der Waals surface area (Å²) in [5, 5.41) is 3.06. The molecule has 108 valence electrons. The van der Waals surface area contributed by atoms with Crippen LogP contribution >= 0.6 is 0 Å². The molecule has 0 saturated heterocycles. The van der Waals surface area contributed by atoms with Gasteiger partial charge in [0.2, 0.25) is 5.88 Å². The SMILES string of the molecule is CCCCCCOc1cc(NC)nc(C(C)(C)C)n1. The van der Waals surface area contributed by atoms with E-state index >= 15 is 0 Å². The summed E-state index contributed by atoms with van der Waals surface area (Å²) in [4.78, 5) is 8.98. The standard InChI is InChI=1S/C15H27N3O/c1-6-7-8-9-10-19-13-11-12(16-5)17-14(18-13)15(2,3)4/h11H,6-10H2,1-5H3,(H,16,17,18). The van der Waals surface area contributed by atoms with E-state index in [-0.39, 0.29) is 5.41 Å². The van der Waals surface area contributed by atoms with Crippen molar-refractivity contribution in [3.05, 3.63) is 11.9 Å². The Morgan fingerprint density at radius 1 is 1.16 bits per heavy atom. The van der Waals surface area contributed by atoms with Gasteiger partial charge in [0.25, 0.3) is 0 Å². The van der Waals surface area contributed by atoms with Crippen molar-refractivity contribution in [3.63, 3.8) is 0 Å². The summed E-state index contributed by atoms with van der Waals surface area (Å²) in [5.41, 5.74) is -0.0762. The first-order chi connectivity index (χ1) is 8.97. The molecule has 4 nitrogen and oxygen atoms in total. The van der Waals surface area contributed by atoms with E-state index in [2.05, 4.69) is 43.0 Å². The van der Waals surface area contributed by atoms with Crippen molar-refractivity contribution < 1.29 is 4.74 Å². The van der Waals surface area contributed by atoms with Gasteiger partial charge < -0.3 is 10.1 Å². The van der Waals surface area contributed by atoms with Crippen LogP contribution in [-0.4, -0.2) is 23.6 Å². The van der Waals surface area contributed by atoms with Gasteiger partial charge in [0.1, 0.15) is 11.6 Å². The predicted octanol–water partition coefficient (Wildman–Crippen LogP) is 3.77. The number of anilines is 1. The zero-order valence-electron chi connectivity index (χ0n) is 12.9. The topological polar surface area (TPSA) is 47.0 Å². The second kappa shape index (κ2) is 7.31. The Morgan fingerprint density at radius 2 is 1.89 bits per heavy atom. The number of unbranched alkanes of at least 4 members (excludes halogenated alkanes) is 3. The first-order valence-electron chi connectivity index (χ1n) is 7.17. The minimum atomic E-state index is -0.0762. The van der Waals surface area contributed by atoms with Gasteiger partial charge in [0.15, 0.2) is 0 Å². The largest absolute Gasteiger partial charge is 0.478 e. The molecule has 0 bridgehead atoms. The molecule has 0 spiro atoms. The van der Waals surface area contributed by atoms with Gasteiger partial charge in [0.05, 0.1) is 6.61 Å². The zero-order valence-corrected chi connectivity index (χ0v) is 12.9. The maximum absolute atomic E-state index is 5.74. The minimum absolute atomic E-state index is 0.0762. The number of nitrogens with one attached hydrogen (secondary N) is 1. The summed E-state index contributed by atoms with van der Waals surface area (Å²) in [7, 11) is 1.86. The second-order valence-electron chi connectivity index (χ2n) is 5.82. The van der Waals surface area contributed by atoms with Crippen LogP contribution in [-0.2, 0) is 5.41 Å². The average Bonchev–Trinajstić information content (AvgIpc) is 2.37. The third kappa shape index (κ3) is 5.45. The van der Waals surface area contributed by atoms with Crippen LogP contribution in [0.5, 0.6) is 5.88 Å². The van der Waals surface area contributed by atoms with Crippen molar-refractivity contribution in [2.75, 3.05) is 19.0 Å². The maximum atomic E-state index is 5.74. The number of ether oxygens (including phenoxy) is 1. The summed E-state index contributed by atoms with van der Waals surface area (Å²) in [6.45, 7) is 9.25. The lowest BCUT2D eigenvalue weighted by Crippen LogP contribution is -2.17. The number of aromatic nitrogens is 2. The van der Waals surface area contributed by atoms with Crippen molar-refractivity contribution in [1.29, 1.82) is 0 Å². The first kappa shape index (κ1) is 15.7. The lowest BCUT2D eigenvalue weighted by atomic mass is 9.96. The quantitative estimate of drug-likeness (QED) is 0.762. The summed E-state index contributed by atoms with van der Waals surface area (Å²) < 4.78 is 5.74. The average molecular weight is 265 g/mol. The molecule has 19 heavy (non-hydrogen) atoms. The third-order valence-corrected chi connectivity index (χ3v) is 2.88. The van der Waals surface area contributed by atoms with Crippen molar-refractivity contribution in [1.82, 2.24) is 9.97 Å². The molecule has 0 saturated carbocycles. The molecule has 0 radical (unpaired) electrons. The highest BCUT2D eigenvalue weighted by molar-refractivity contribution is 5.38. The highest BCUT2D eigenvalue weighted by Gasteiger charge is 2.19. The maximum Gasteiger partial charge on any atom is 0.218 e. The van der Waals surface area contributed by atoms with Gasteiger partial charge in [0, 0.05) is 18.5 Å². The van der Waals surface area contributed by atoms with Crippen molar-refractivity contribution in [2.45, 2.75) is 58.8 Å². The second-order valence-corrected chi connectivity index (χ2v) is 5.82. The molecule has 0 aliphatic heterocycles. The van der Waals surface area contributed by atoms with Crippen LogP contribution in [0.2, 0.25) is 0 Å². The van der Waals surface area contributed by atoms with Gasteiger partial charge in [-0.05, 0) is 6.42 Å². The van der Waals surface area contributed by atoms with Crippen LogP contribution < -0.4 is 10.1 Å². The number of rotatable bonds is 7. The predicted molar refractivity (Wildman–Crippen MR) is 79.9 cm³/mol. The van der Waals surface area contributed by atoms with Crippen LogP contribution in [0.25, 0.3) is 0 Å². The van der Waals surface area contributed by atoms with E-state index in [1.54, 1.807) is 0 Å². The van der Waals surface area contributed by atoms with E-state index in [0.29, 0.717) is 5.88 Å². The summed E-state index contributed by atoms with van der Waals surface area (Å²) in [5.74, 6) is 2.28. The molecule has 1 N–H and O–H groups in total. The molecular formula is C15H27N3O. The van der Waals surface area contributed by atoms with Crippen molar-refractivity contribution in [3.8, 4) is 5.88 Å². The fraction of sp³-hybridized carbons (Fsp3) is 0.733. The fourth-order valence-corrected chi connectivity index (χ4v) is 1.67. The molecule has 1 aromatic rings. The van der Waals surface area contributed by atoms with Gasteiger partial charge in [-0.1, -0.05) is 47.0 Å². The smallest absolute Gasteiger partial charge is 0.218 e. The molecule has 0 atom stereocenters. The zero-order chi connectivity index (χ0) is 14.3. The molecule has 0 aromatic carbocycles. The Labute approximate surface area is 117 Å². The van der Waals surface area contributed by atoms with Crippen LogP contribution in [0.15, 0.2) is 6.07 Å². The molecule has 1 aromatic heterocycles. The lowest BCUT2D eigenvalue weighted by Gasteiger charge is -2.18. The Balaban J connectivity index is 2.67. The lowest BCUT2D eigenvalue weighted by molar-refractivity contribution is 0.290. The van der Waals surface area contributed by atoms with Gasteiger partial charge in [-0.15, -0.1) is 0 Å². The summed E-state index contributed by atoms with van der Waals surface area (Å²) in [6.07, 6.45) is 4.80. The van der Waals surface area contributed by atoms with Crippen LogP contribution in [0, 0.1) is 0 Å². The minimum Gasteiger partial charge on any atom is -0.478 e. The van der Waals surface area contributed by atoms with E-state index in [0.717, 1.165) is 24.7 Å². The third-order valence-electron chi connectivity index (χ3n) is 2.88. The molecular weight excluding hydrogens is 238 g/mol. The number of nitrogens with zero attached hydrogens (tertiary/aromatic N) is 2. The van der Waals surface area contributed by atoms with Crippen molar-refractivity contribution >= 4 is 5.82 Å². The Kier molecular flexibility index (Phi) is 6.06. The van der Waals surface area contributed by atoms with Crippen LogP contribution in [0.1, 0.15) is 59.2 Å². The summed E-state index contributed by atoms with van der Waals surface area (Å²) in [6, 6.07) is 1.86. The highest BCUT2D eigenvalue weighted by atomic mass is 16.5. The van der Waals surface area contributed by atoms with Crippen LogP contribution in [0.4, 0.5) is 5.82 Å². The Morgan fingerprint density at radius 3 is 2.47 bits per heavy atom. The van der Waals surface area contributed by atoms with Gasteiger partial charge >= 0.3 is 0 Å². The molecule has 1 rings (SSSR count). The molecule has 0 aliphatic rings. The first-order valence-corrected chi connectivity index (χ1v) is 7.17. The van der Waals surface area contributed by atoms with Gasteiger partial charge in [-0.2, -0.15) is 4.98 Å². The van der Waals surface area contributed by atoms with E-state index in [9.17, 15) is 0 Å². The monoisotopic (exact) mass is 265 g/mol. The molecule has 0 aliphatic carbocycles. The highest BCUT2D eigenvalue weighted by Crippen LogP contribution is 2.23. The van der Waals surface area contributed by atoms with E-state index in [1.165, 1.54) is 19.3 Å². The fourth-order valence-electron chi connectivity index (χ4n) is 1.67. The number of hydrogen-bond acceptors (Lipinski definition) is 4. The molecule has 4 heteroatoms. The van der Waals surface area contributed by atoms with Gasteiger partial charge in [-0.25, -0.2) is 4.98 Å². The summed E-state index contributed by atoms with van der Waals surface area (Å²) >= 11 is 0. The molecule has 0 unspecified atom stereocenters. The number of hydrogen-bond donors (Lipinski definition) is 1. The molecule has 0 fully saturated rings. The Hall–Kier alpha value is -1.32. The van der Waals surface area contributed by atoms with Gasteiger partial charge in [-0.3, -0.25) is 0 Å². The van der Waals surface area contributed by atoms with Crippen LogP contribution in [0.3, 0.4) is 0 Å². The van der Waals surface area contributed by atoms with E-state index in [4.69, 9.17) is 4.74 Å². The normalized spacial score (nSPS) is 11.4. The van der Waals surface area contributed by atoms with E-state index in [1.807, 2.05) is 13.1 Å². The molecule has 1 heterocycles. The van der Waals surface area contributed by atoms with E-state index < -0.39 is 0 Å². The Bertz CT molecular complexity index is 385. The van der Waals surface area contributed by atoms with Crippen molar-refractivity contribution in [2.24, 2.45) is 0 Å².